The molecule has 1 aliphatic carbocycles. The predicted molar refractivity (Wildman–Crippen MR) is 132 cm³/mol. The van der Waals surface area contributed by atoms with Crippen LogP contribution < -0.4 is 10.6 Å². The number of hydrogen-bond donors (Lipinski definition) is 3. The van der Waals surface area contributed by atoms with Gasteiger partial charge in [0.15, 0.2) is 5.96 Å². The highest BCUT2D eigenvalue weighted by Gasteiger charge is 2.16. The van der Waals surface area contributed by atoms with E-state index >= 15 is 0 Å². The van der Waals surface area contributed by atoms with E-state index < -0.39 is 0 Å². The summed E-state index contributed by atoms with van der Waals surface area (Å²) in [6, 6.07) is 10.4. The number of aliphatic imine (C=N–C) groups is 1. The molecule has 8 heteroatoms. The molecule has 1 aromatic carbocycles. The zero-order chi connectivity index (χ0) is 20.5. The quantitative estimate of drug-likeness (QED) is 0.294. The first-order chi connectivity index (χ1) is 14.2. The second kappa shape index (κ2) is 12.6. The molecule has 1 fully saturated rings. The number of benzene rings is 1. The second-order valence-corrected chi connectivity index (χ2v) is 7.54. The minimum atomic E-state index is -0.00920. The van der Waals surface area contributed by atoms with E-state index in [2.05, 4.69) is 37.7 Å². The number of aromatic nitrogens is 2. The molecule has 0 radical (unpaired) electrons. The SMILES string of the molecule is CCNC(=NCC(=O)NC1CCCCC1)N(C)Cc1ncc(-c2ccccc2)[nH]1.I. The molecule has 0 unspecified atom stereocenters. The molecular formula is C22H33IN6O. The van der Waals surface area contributed by atoms with E-state index in [-0.39, 0.29) is 36.4 Å². The Morgan fingerprint density at radius 3 is 2.67 bits per heavy atom. The smallest absolute Gasteiger partial charge is 0.242 e. The van der Waals surface area contributed by atoms with Crippen molar-refractivity contribution < 1.29 is 4.79 Å². The van der Waals surface area contributed by atoms with Crippen LogP contribution in [-0.2, 0) is 11.3 Å². The van der Waals surface area contributed by atoms with Crippen LogP contribution in [0.5, 0.6) is 0 Å². The van der Waals surface area contributed by atoms with E-state index in [1.54, 1.807) is 0 Å². The summed E-state index contributed by atoms with van der Waals surface area (Å²) in [6.07, 6.45) is 7.69. The number of H-pyrrole nitrogens is 1. The number of carbonyl (C=O) groups is 1. The Hall–Kier alpha value is -2.10. The number of aromatic amines is 1. The van der Waals surface area contributed by atoms with Crippen molar-refractivity contribution in [1.82, 2.24) is 25.5 Å². The van der Waals surface area contributed by atoms with Crippen LogP contribution in [0.3, 0.4) is 0 Å². The van der Waals surface area contributed by atoms with E-state index in [0.29, 0.717) is 18.5 Å². The zero-order valence-corrected chi connectivity index (χ0v) is 20.2. The lowest BCUT2D eigenvalue weighted by molar-refractivity contribution is -0.120. The van der Waals surface area contributed by atoms with Gasteiger partial charge in [0, 0.05) is 19.6 Å². The Kier molecular flexibility index (Phi) is 10.1. The Morgan fingerprint density at radius 2 is 1.97 bits per heavy atom. The van der Waals surface area contributed by atoms with Crippen LogP contribution >= 0.6 is 24.0 Å². The monoisotopic (exact) mass is 524 g/mol. The maximum atomic E-state index is 12.3. The number of carbonyl (C=O) groups excluding carboxylic acids is 1. The molecular weight excluding hydrogens is 491 g/mol. The number of rotatable bonds is 7. The number of nitrogens with one attached hydrogen (secondary N) is 3. The van der Waals surface area contributed by atoms with Crippen molar-refractivity contribution in [3.05, 3.63) is 42.4 Å². The van der Waals surface area contributed by atoms with Crippen LogP contribution in [0, 0.1) is 0 Å². The summed E-state index contributed by atoms with van der Waals surface area (Å²) >= 11 is 0. The van der Waals surface area contributed by atoms with Gasteiger partial charge in [-0.1, -0.05) is 49.6 Å². The average molecular weight is 524 g/mol. The van der Waals surface area contributed by atoms with Gasteiger partial charge < -0.3 is 20.5 Å². The molecule has 164 valence electrons. The summed E-state index contributed by atoms with van der Waals surface area (Å²) in [5.74, 6) is 1.54. The van der Waals surface area contributed by atoms with Crippen molar-refractivity contribution in [2.45, 2.75) is 51.6 Å². The van der Waals surface area contributed by atoms with E-state index in [4.69, 9.17) is 0 Å². The summed E-state index contributed by atoms with van der Waals surface area (Å²) in [5, 5.41) is 6.37. The fourth-order valence-electron chi connectivity index (χ4n) is 3.64. The van der Waals surface area contributed by atoms with Crippen molar-refractivity contribution in [3.8, 4) is 11.3 Å². The topological polar surface area (TPSA) is 85.4 Å². The van der Waals surface area contributed by atoms with Gasteiger partial charge in [0.05, 0.1) is 18.4 Å². The molecule has 1 aliphatic rings. The Labute approximate surface area is 196 Å². The van der Waals surface area contributed by atoms with Crippen molar-refractivity contribution in [1.29, 1.82) is 0 Å². The summed E-state index contributed by atoms with van der Waals surface area (Å²) in [4.78, 5) is 26.6. The second-order valence-electron chi connectivity index (χ2n) is 7.54. The van der Waals surface area contributed by atoms with Gasteiger partial charge in [0.2, 0.25) is 5.91 Å². The van der Waals surface area contributed by atoms with E-state index in [1.807, 2.05) is 43.3 Å². The van der Waals surface area contributed by atoms with E-state index in [0.717, 1.165) is 36.5 Å². The van der Waals surface area contributed by atoms with Crippen molar-refractivity contribution in [3.63, 3.8) is 0 Å². The molecule has 30 heavy (non-hydrogen) atoms. The Bertz CT molecular complexity index is 801. The third-order valence-electron chi connectivity index (χ3n) is 5.14. The van der Waals surface area contributed by atoms with Gasteiger partial charge in [-0.25, -0.2) is 9.98 Å². The Balaban J connectivity index is 0.00000320. The normalized spacial score (nSPS) is 14.7. The lowest BCUT2D eigenvalue weighted by Crippen LogP contribution is -2.41. The first-order valence-corrected chi connectivity index (χ1v) is 10.5. The third kappa shape index (κ3) is 7.30. The molecule has 0 bridgehead atoms. The highest BCUT2D eigenvalue weighted by atomic mass is 127. The van der Waals surface area contributed by atoms with Crippen LogP contribution in [0.25, 0.3) is 11.3 Å². The van der Waals surface area contributed by atoms with Crippen molar-refractivity contribution >= 4 is 35.8 Å². The molecule has 3 N–H and O–H groups in total. The molecule has 1 saturated carbocycles. The molecule has 0 saturated heterocycles. The molecule has 2 aromatic rings. The van der Waals surface area contributed by atoms with E-state index in [9.17, 15) is 4.79 Å². The van der Waals surface area contributed by atoms with E-state index in [1.165, 1.54) is 19.3 Å². The van der Waals surface area contributed by atoms with Gasteiger partial charge in [-0.05, 0) is 25.3 Å². The standard InChI is InChI=1S/C22H32N6O.HI/c1-3-23-22(25-15-21(29)26-18-12-8-5-9-13-18)28(2)16-20-24-14-19(27-20)17-10-6-4-7-11-17;/h4,6-7,10-11,14,18H,3,5,8-9,12-13,15-16H2,1-2H3,(H,23,25)(H,24,27)(H,26,29);1H. The molecule has 7 nitrogen and oxygen atoms in total. The molecule has 0 spiro atoms. The summed E-state index contributed by atoms with van der Waals surface area (Å²) in [6.45, 7) is 3.46. The fraction of sp³-hybridized carbons (Fsp3) is 0.500. The third-order valence-corrected chi connectivity index (χ3v) is 5.14. The lowest BCUT2D eigenvalue weighted by Gasteiger charge is -2.23. The average Bonchev–Trinajstić information content (AvgIpc) is 3.21. The van der Waals surface area contributed by atoms with Crippen LogP contribution in [0.15, 0.2) is 41.5 Å². The summed E-state index contributed by atoms with van der Waals surface area (Å²) in [7, 11) is 1.95. The number of imidazole rings is 1. The zero-order valence-electron chi connectivity index (χ0n) is 17.9. The van der Waals surface area contributed by atoms with Gasteiger partial charge in [0.25, 0.3) is 0 Å². The van der Waals surface area contributed by atoms with Gasteiger partial charge in [-0.15, -0.1) is 24.0 Å². The van der Waals surface area contributed by atoms with Crippen molar-refractivity contribution in [2.24, 2.45) is 4.99 Å². The minimum absolute atomic E-state index is 0. The van der Waals surface area contributed by atoms with Gasteiger partial charge in [-0.2, -0.15) is 0 Å². The molecule has 1 aromatic heterocycles. The number of amides is 1. The maximum absolute atomic E-state index is 12.3. The maximum Gasteiger partial charge on any atom is 0.242 e. The first kappa shape index (κ1) is 24.2. The predicted octanol–water partition coefficient (Wildman–Crippen LogP) is 3.54. The van der Waals surface area contributed by atoms with Gasteiger partial charge in [0.1, 0.15) is 12.4 Å². The minimum Gasteiger partial charge on any atom is -0.357 e. The lowest BCUT2D eigenvalue weighted by atomic mass is 9.95. The van der Waals surface area contributed by atoms with Gasteiger partial charge >= 0.3 is 0 Å². The molecule has 0 aliphatic heterocycles. The van der Waals surface area contributed by atoms with Crippen LogP contribution in [0.2, 0.25) is 0 Å². The van der Waals surface area contributed by atoms with Crippen molar-refractivity contribution in [2.75, 3.05) is 20.1 Å². The summed E-state index contributed by atoms with van der Waals surface area (Å²) in [5.41, 5.74) is 2.09. The van der Waals surface area contributed by atoms with Gasteiger partial charge in [-0.3, -0.25) is 4.79 Å². The molecule has 1 amide bonds. The first-order valence-electron chi connectivity index (χ1n) is 10.5. The molecule has 1 heterocycles. The molecule has 3 rings (SSSR count). The highest BCUT2D eigenvalue weighted by molar-refractivity contribution is 14.0. The van der Waals surface area contributed by atoms with Crippen LogP contribution in [-0.4, -0.2) is 52.9 Å². The Morgan fingerprint density at radius 1 is 1.23 bits per heavy atom. The number of nitrogens with zero attached hydrogens (tertiary/aromatic N) is 3. The molecule has 0 atom stereocenters. The highest BCUT2D eigenvalue weighted by Crippen LogP contribution is 2.17. The fourth-order valence-corrected chi connectivity index (χ4v) is 3.64. The summed E-state index contributed by atoms with van der Waals surface area (Å²) < 4.78 is 0. The van der Waals surface area contributed by atoms with Crippen LogP contribution in [0.4, 0.5) is 0 Å². The largest absolute Gasteiger partial charge is 0.357 e. The van der Waals surface area contributed by atoms with Crippen LogP contribution in [0.1, 0.15) is 44.9 Å². The number of guanidine groups is 1. The number of halogens is 1. The number of hydrogen-bond acceptors (Lipinski definition) is 3.